The molecular weight excluding hydrogens is 372 g/mol. The Morgan fingerprint density at radius 2 is 1.66 bits per heavy atom. The van der Waals surface area contributed by atoms with Crippen LogP contribution in [-0.2, 0) is 17.6 Å². The Balaban J connectivity index is 1.73. The van der Waals surface area contributed by atoms with Crippen molar-refractivity contribution in [1.29, 1.82) is 0 Å². The fourth-order valence-corrected chi connectivity index (χ4v) is 3.45. The number of carbonyl (C=O) groups excluding carboxylic acids is 1. The monoisotopic (exact) mass is 398 g/mol. The van der Waals surface area contributed by atoms with Crippen molar-refractivity contribution in [3.05, 3.63) is 47.7 Å². The van der Waals surface area contributed by atoms with Crippen LogP contribution in [0.15, 0.2) is 36.5 Å². The second kappa shape index (κ2) is 9.23. The van der Waals surface area contributed by atoms with E-state index in [4.69, 9.17) is 18.9 Å². The van der Waals surface area contributed by atoms with Gasteiger partial charge in [-0.3, -0.25) is 4.79 Å². The number of carbonyl (C=O) groups is 1. The van der Waals surface area contributed by atoms with Gasteiger partial charge in [0.2, 0.25) is 11.7 Å². The molecule has 0 radical (unpaired) electrons. The maximum absolute atomic E-state index is 12.5. The van der Waals surface area contributed by atoms with E-state index >= 15 is 0 Å². The maximum Gasteiger partial charge on any atom is 0.224 e. The molecule has 0 saturated heterocycles. The molecule has 154 valence electrons. The molecule has 3 aromatic rings. The SMILES string of the molecule is COc1ccccc1CCNC(=O)Cc1c[nH]c2cc(OC)c(OC)c(OC)c12. The van der Waals surface area contributed by atoms with E-state index in [1.807, 2.05) is 36.5 Å². The third-order valence-corrected chi connectivity index (χ3v) is 4.81. The summed E-state index contributed by atoms with van der Waals surface area (Å²) in [4.78, 5) is 15.7. The van der Waals surface area contributed by atoms with Crippen molar-refractivity contribution >= 4 is 16.8 Å². The van der Waals surface area contributed by atoms with Crippen LogP contribution in [0.1, 0.15) is 11.1 Å². The number of hydrogen-bond donors (Lipinski definition) is 2. The van der Waals surface area contributed by atoms with Gasteiger partial charge in [0, 0.05) is 24.2 Å². The van der Waals surface area contributed by atoms with Crippen LogP contribution >= 0.6 is 0 Å². The molecule has 0 aliphatic rings. The Kier molecular flexibility index (Phi) is 6.49. The molecule has 0 saturated carbocycles. The number of methoxy groups -OCH3 is 4. The lowest BCUT2D eigenvalue weighted by molar-refractivity contribution is -0.120. The van der Waals surface area contributed by atoms with Gasteiger partial charge in [0.25, 0.3) is 0 Å². The second-order valence-electron chi connectivity index (χ2n) is 6.47. The molecule has 2 N–H and O–H groups in total. The minimum absolute atomic E-state index is 0.0716. The fourth-order valence-electron chi connectivity index (χ4n) is 3.45. The molecule has 1 aromatic heterocycles. The number of amides is 1. The van der Waals surface area contributed by atoms with Crippen LogP contribution in [-0.4, -0.2) is 45.9 Å². The number of para-hydroxylation sites is 1. The van der Waals surface area contributed by atoms with Crippen molar-refractivity contribution in [2.45, 2.75) is 12.8 Å². The summed E-state index contributed by atoms with van der Waals surface area (Å²) >= 11 is 0. The summed E-state index contributed by atoms with van der Waals surface area (Å²) in [6.45, 7) is 0.524. The van der Waals surface area contributed by atoms with Crippen molar-refractivity contribution in [1.82, 2.24) is 10.3 Å². The van der Waals surface area contributed by atoms with E-state index in [-0.39, 0.29) is 12.3 Å². The van der Waals surface area contributed by atoms with E-state index in [0.717, 1.165) is 27.8 Å². The molecule has 0 unspecified atom stereocenters. The van der Waals surface area contributed by atoms with Gasteiger partial charge in [0.05, 0.1) is 40.4 Å². The third-order valence-electron chi connectivity index (χ3n) is 4.81. The van der Waals surface area contributed by atoms with Gasteiger partial charge in [0.15, 0.2) is 11.5 Å². The molecule has 0 spiro atoms. The van der Waals surface area contributed by atoms with Crippen molar-refractivity contribution in [2.24, 2.45) is 0 Å². The fraction of sp³-hybridized carbons (Fsp3) is 0.318. The molecule has 0 bridgehead atoms. The standard InChI is InChI=1S/C22H26N2O5/c1-26-17-8-6-5-7-14(17)9-10-23-19(25)11-15-13-24-16-12-18(27-2)21(28-3)22(29-4)20(15)16/h5-8,12-13,24H,9-11H2,1-4H3,(H,23,25). The summed E-state index contributed by atoms with van der Waals surface area (Å²) in [5.41, 5.74) is 2.70. The minimum atomic E-state index is -0.0716. The zero-order valence-corrected chi connectivity index (χ0v) is 17.1. The topological polar surface area (TPSA) is 81.8 Å². The summed E-state index contributed by atoms with van der Waals surface area (Å²) in [5.74, 6) is 2.35. The molecule has 0 aliphatic carbocycles. The summed E-state index contributed by atoms with van der Waals surface area (Å²) in [6, 6.07) is 9.63. The molecule has 0 atom stereocenters. The van der Waals surface area contributed by atoms with Crippen molar-refractivity contribution in [3.8, 4) is 23.0 Å². The molecule has 0 fully saturated rings. The lowest BCUT2D eigenvalue weighted by atomic mass is 10.1. The highest BCUT2D eigenvalue weighted by molar-refractivity contribution is 5.96. The number of benzene rings is 2. The predicted octanol–water partition coefficient (Wildman–Crippen LogP) is 3.10. The Bertz CT molecular complexity index is 996. The van der Waals surface area contributed by atoms with E-state index < -0.39 is 0 Å². The number of rotatable bonds is 9. The van der Waals surface area contributed by atoms with Gasteiger partial charge in [-0.2, -0.15) is 0 Å². The quantitative estimate of drug-likeness (QED) is 0.579. The Hall–Kier alpha value is -3.35. The molecule has 7 heteroatoms. The first-order chi connectivity index (χ1) is 14.1. The molecule has 29 heavy (non-hydrogen) atoms. The Morgan fingerprint density at radius 1 is 0.931 bits per heavy atom. The van der Waals surface area contributed by atoms with E-state index in [0.29, 0.717) is 30.2 Å². The van der Waals surface area contributed by atoms with Crippen LogP contribution in [0, 0.1) is 0 Å². The first-order valence-corrected chi connectivity index (χ1v) is 9.30. The lowest BCUT2D eigenvalue weighted by Gasteiger charge is -2.14. The van der Waals surface area contributed by atoms with E-state index in [1.54, 1.807) is 28.4 Å². The summed E-state index contributed by atoms with van der Waals surface area (Å²) in [6.07, 6.45) is 2.72. The summed E-state index contributed by atoms with van der Waals surface area (Å²) in [7, 11) is 6.34. The average Bonchev–Trinajstić information content (AvgIpc) is 3.14. The highest BCUT2D eigenvalue weighted by Gasteiger charge is 2.20. The molecule has 3 rings (SSSR count). The van der Waals surface area contributed by atoms with Crippen molar-refractivity contribution in [3.63, 3.8) is 0 Å². The largest absolute Gasteiger partial charge is 0.496 e. The number of hydrogen-bond acceptors (Lipinski definition) is 5. The van der Waals surface area contributed by atoms with Gasteiger partial charge in [-0.15, -0.1) is 0 Å². The number of H-pyrrole nitrogens is 1. The van der Waals surface area contributed by atoms with E-state index in [1.165, 1.54) is 0 Å². The summed E-state index contributed by atoms with van der Waals surface area (Å²) in [5, 5.41) is 3.78. The smallest absolute Gasteiger partial charge is 0.224 e. The van der Waals surface area contributed by atoms with Gasteiger partial charge >= 0.3 is 0 Å². The normalized spacial score (nSPS) is 10.6. The van der Waals surface area contributed by atoms with Crippen LogP contribution < -0.4 is 24.3 Å². The number of aromatic nitrogens is 1. The number of fused-ring (bicyclic) bond motifs is 1. The number of nitrogens with one attached hydrogen (secondary N) is 2. The van der Waals surface area contributed by atoms with Crippen LogP contribution in [0.2, 0.25) is 0 Å². The highest BCUT2D eigenvalue weighted by atomic mass is 16.5. The zero-order chi connectivity index (χ0) is 20.8. The van der Waals surface area contributed by atoms with Gasteiger partial charge < -0.3 is 29.2 Å². The zero-order valence-electron chi connectivity index (χ0n) is 17.1. The molecule has 0 aliphatic heterocycles. The number of aromatic amines is 1. The van der Waals surface area contributed by atoms with Crippen molar-refractivity contribution < 1.29 is 23.7 Å². The lowest BCUT2D eigenvalue weighted by Crippen LogP contribution is -2.27. The van der Waals surface area contributed by atoms with Gasteiger partial charge in [-0.25, -0.2) is 0 Å². The Labute approximate surface area is 169 Å². The molecule has 1 heterocycles. The minimum Gasteiger partial charge on any atom is -0.496 e. The highest BCUT2D eigenvalue weighted by Crippen LogP contribution is 2.44. The van der Waals surface area contributed by atoms with Gasteiger partial charge in [0.1, 0.15) is 5.75 Å². The summed E-state index contributed by atoms with van der Waals surface area (Å²) < 4.78 is 21.7. The molecule has 2 aromatic carbocycles. The maximum atomic E-state index is 12.5. The van der Waals surface area contributed by atoms with E-state index in [9.17, 15) is 4.79 Å². The van der Waals surface area contributed by atoms with Gasteiger partial charge in [-0.05, 0) is 23.6 Å². The molecule has 1 amide bonds. The van der Waals surface area contributed by atoms with Crippen LogP contribution in [0.3, 0.4) is 0 Å². The first-order valence-electron chi connectivity index (χ1n) is 9.30. The van der Waals surface area contributed by atoms with Crippen LogP contribution in [0.4, 0.5) is 0 Å². The van der Waals surface area contributed by atoms with Gasteiger partial charge in [-0.1, -0.05) is 18.2 Å². The first kappa shape index (κ1) is 20.4. The number of ether oxygens (including phenoxy) is 4. The second-order valence-corrected chi connectivity index (χ2v) is 6.47. The average molecular weight is 398 g/mol. The van der Waals surface area contributed by atoms with Crippen LogP contribution in [0.5, 0.6) is 23.0 Å². The van der Waals surface area contributed by atoms with E-state index in [2.05, 4.69) is 10.3 Å². The third kappa shape index (κ3) is 4.23. The predicted molar refractivity (Wildman–Crippen MR) is 111 cm³/mol. The van der Waals surface area contributed by atoms with Crippen molar-refractivity contribution in [2.75, 3.05) is 35.0 Å². The molecule has 7 nitrogen and oxygen atoms in total. The Morgan fingerprint density at radius 3 is 2.34 bits per heavy atom. The molecular formula is C22H26N2O5. The van der Waals surface area contributed by atoms with Crippen LogP contribution in [0.25, 0.3) is 10.9 Å².